The van der Waals surface area contributed by atoms with Gasteiger partial charge in [-0.1, -0.05) is 68.8 Å². The molecule has 0 radical (unpaired) electrons. The fourth-order valence-electron chi connectivity index (χ4n) is 3.14. The van der Waals surface area contributed by atoms with E-state index in [1.807, 2.05) is 0 Å². The fraction of sp³-hybridized carbons (Fsp3) is 0.455. The van der Waals surface area contributed by atoms with Crippen LogP contribution < -0.4 is 0 Å². The van der Waals surface area contributed by atoms with Crippen molar-refractivity contribution in [1.82, 2.24) is 0 Å². The topological polar surface area (TPSA) is 18.5 Å². The minimum Gasteiger partial charge on any atom is -0.368 e. The van der Waals surface area contributed by atoms with Crippen LogP contribution in [0, 0.1) is 0 Å². The summed E-state index contributed by atoms with van der Waals surface area (Å²) in [5.74, 6) is 0. The van der Waals surface area contributed by atoms with Gasteiger partial charge in [-0.25, -0.2) is 0 Å². The Balaban J connectivity index is 1.56. The molecule has 1 heterocycles. The van der Waals surface area contributed by atoms with Crippen molar-refractivity contribution in [2.75, 3.05) is 13.2 Å². The smallest absolute Gasteiger partial charge is 0.106 e. The summed E-state index contributed by atoms with van der Waals surface area (Å²) >= 11 is 0. The van der Waals surface area contributed by atoms with Crippen LogP contribution in [0.4, 0.5) is 0 Å². The van der Waals surface area contributed by atoms with Gasteiger partial charge in [-0.15, -0.1) is 0 Å². The van der Waals surface area contributed by atoms with E-state index >= 15 is 0 Å². The first-order chi connectivity index (χ1) is 11.8. The molecule has 0 aromatic heterocycles. The van der Waals surface area contributed by atoms with Crippen LogP contribution in [0.15, 0.2) is 48.5 Å². The Bertz CT molecular complexity index is 607. The van der Waals surface area contributed by atoms with Gasteiger partial charge in [0.15, 0.2) is 0 Å². The lowest BCUT2D eigenvalue weighted by Gasteiger charge is -2.30. The summed E-state index contributed by atoms with van der Waals surface area (Å²) in [6, 6.07) is 17.5. The van der Waals surface area contributed by atoms with E-state index in [0.717, 1.165) is 12.8 Å². The maximum Gasteiger partial charge on any atom is 0.106 e. The van der Waals surface area contributed by atoms with Crippen LogP contribution in [0.5, 0.6) is 0 Å². The summed E-state index contributed by atoms with van der Waals surface area (Å²) in [4.78, 5) is 0. The lowest BCUT2D eigenvalue weighted by molar-refractivity contribution is -0.137. The second-order valence-corrected chi connectivity index (χ2v) is 6.58. The summed E-state index contributed by atoms with van der Waals surface area (Å²) in [6.45, 7) is 5.64. The zero-order chi connectivity index (χ0) is 16.8. The first-order valence-corrected chi connectivity index (χ1v) is 9.21. The molecule has 2 aromatic rings. The highest BCUT2D eigenvalue weighted by atomic mass is 16.6. The van der Waals surface area contributed by atoms with E-state index in [1.165, 1.54) is 35.1 Å². The summed E-state index contributed by atoms with van der Waals surface area (Å²) in [6.07, 6.45) is 4.82. The molecular weight excluding hydrogens is 296 g/mol. The Morgan fingerprint density at radius 2 is 1.25 bits per heavy atom. The molecule has 0 amide bonds. The molecule has 0 saturated carbocycles. The van der Waals surface area contributed by atoms with E-state index in [2.05, 4.69) is 62.4 Å². The third-order valence-corrected chi connectivity index (χ3v) is 4.83. The van der Waals surface area contributed by atoms with E-state index in [4.69, 9.17) is 9.47 Å². The Hall–Kier alpha value is -1.64. The lowest BCUT2D eigenvalue weighted by Crippen LogP contribution is -2.25. The average Bonchev–Trinajstić information content (AvgIpc) is 2.67. The highest BCUT2D eigenvalue weighted by molar-refractivity contribution is 5.26. The Morgan fingerprint density at radius 1 is 0.750 bits per heavy atom. The third kappa shape index (κ3) is 4.25. The predicted octanol–water partition coefficient (Wildman–Crippen LogP) is 5.42. The Kier molecular flexibility index (Phi) is 6.06. The SMILES string of the molecule is CCCCc1ccc([C@@H]2CO[C@@H](c3ccc(CC)cc3)CO2)cc1. The first kappa shape index (κ1) is 17.2. The zero-order valence-electron chi connectivity index (χ0n) is 14.8. The van der Waals surface area contributed by atoms with Gasteiger partial charge in [0.25, 0.3) is 0 Å². The van der Waals surface area contributed by atoms with Gasteiger partial charge in [0.05, 0.1) is 13.2 Å². The van der Waals surface area contributed by atoms with Crippen molar-refractivity contribution in [2.24, 2.45) is 0 Å². The van der Waals surface area contributed by atoms with Crippen molar-refractivity contribution >= 4 is 0 Å². The lowest BCUT2D eigenvalue weighted by atomic mass is 10.0. The molecule has 2 atom stereocenters. The number of rotatable bonds is 6. The van der Waals surface area contributed by atoms with Gasteiger partial charge < -0.3 is 9.47 Å². The number of ether oxygens (including phenoxy) is 2. The quantitative estimate of drug-likeness (QED) is 0.706. The molecule has 1 aliphatic rings. The van der Waals surface area contributed by atoms with Crippen molar-refractivity contribution in [3.05, 3.63) is 70.8 Å². The molecule has 1 aliphatic heterocycles. The van der Waals surface area contributed by atoms with Crippen molar-refractivity contribution in [2.45, 2.75) is 51.7 Å². The van der Waals surface area contributed by atoms with Crippen LogP contribution in [0.2, 0.25) is 0 Å². The van der Waals surface area contributed by atoms with Gasteiger partial charge in [0, 0.05) is 0 Å². The second-order valence-electron chi connectivity index (χ2n) is 6.58. The van der Waals surface area contributed by atoms with E-state index < -0.39 is 0 Å². The van der Waals surface area contributed by atoms with Gasteiger partial charge in [-0.2, -0.15) is 0 Å². The second kappa shape index (κ2) is 8.46. The van der Waals surface area contributed by atoms with E-state index in [-0.39, 0.29) is 12.2 Å². The number of unbranched alkanes of at least 4 members (excludes halogenated alkanes) is 1. The number of hydrogen-bond acceptors (Lipinski definition) is 2. The third-order valence-electron chi connectivity index (χ3n) is 4.83. The molecule has 1 saturated heterocycles. The summed E-state index contributed by atoms with van der Waals surface area (Å²) < 4.78 is 12.2. The van der Waals surface area contributed by atoms with Crippen molar-refractivity contribution < 1.29 is 9.47 Å². The molecule has 24 heavy (non-hydrogen) atoms. The molecule has 2 aromatic carbocycles. The summed E-state index contributed by atoms with van der Waals surface area (Å²) in [5.41, 5.74) is 5.19. The van der Waals surface area contributed by atoms with Gasteiger partial charge >= 0.3 is 0 Å². The van der Waals surface area contributed by atoms with Crippen LogP contribution in [-0.2, 0) is 22.3 Å². The molecule has 2 heteroatoms. The molecular formula is C22H28O2. The zero-order valence-corrected chi connectivity index (χ0v) is 14.8. The van der Waals surface area contributed by atoms with E-state index in [0.29, 0.717) is 13.2 Å². The predicted molar refractivity (Wildman–Crippen MR) is 98.3 cm³/mol. The van der Waals surface area contributed by atoms with Gasteiger partial charge in [0.2, 0.25) is 0 Å². The van der Waals surface area contributed by atoms with Gasteiger partial charge in [-0.3, -0.25) is 0 Å². The fourth-order valence-corrected chi connectivity index (χ4v) is 3.14. The maximum absolute atomic E-state index is 6.08. The molecule has 0 bridgehead atoms. The summed E-state index contributed by atoms with van der Waals surface area (Å²) in [5, 5.41) is 0. The Morgan fingerprint density at radius 3 is 1.67 bits per heavy atom. The van der Waals surface area contributed by atoms with E-state index in [1.54, 1.807) is 0 Å². The van der Waals surface area contributed by atoms with E-state index in [9.17, 15) is 0 Å². The largest absolute Gasteiger partial charge is 0.368 e. The molecule has 0 spiro atoms. The maximum atomic E-state index is 6.08. The number of benzene rings is 2. The molecule has 0 aliphatic carbocycles. The highest BCUT2D eigenvalue weighted by Crippen LogP contribution is 2.30. The molecule has 2 nitrogen and oxygen atoms in total. The molecule has 1 fully saturated rings. The van der Waals surface area contributed by atoms with Gasteiger partial charge in [0.1, 0.15) is 12.2 Å². The monoisotopic (exact) mass is 324 g/mol. The number of aryl methyl sites for hydroxylation is 2. The van der Waals surface area contributed by atoms with Crippen molar-refractivity contribution in [3.8, 4) is 0 Å². The van der Waals surface area contributed by atoms with Crippen LogP contribution in [0.25, 0.3) is 0 Å². The van der Waals surface area contributed by atoms with Crippen LogP contribution >= 0.6 is 0 Å². The van der Waals surface area contributed by atoms with Gasteiger partial charge in [-0.05, 0) is 41.5 Å². The molecule has 0 N–H and O–H groups in total. The first-order valence-electron chi connectivity index (χ1n) is 9.21. The van der Waals surface area contributed by atoms with Crippen molar-refractivity contribution in [3.63, 3.8) is 0 Å². The van der Waals surface area contributed by atoms with Crippen molar-refractivity contribution in [1.29, 1.82) is 0 Å². The molecule has 3 rings (SSSR count). The van der Waals surface area contributed by atoms with Crippen LogP contribution in [0.1, 0.15) is 61.2 Å². The minimum absolute atomic E-state index is 0.0518. The average molecular weight is 324 g/mol. The van der Waals surface area contributed by atoms with Crippen LogP contribution in [-0.4, -0.2) is 13.2 Å². The molecule has 0 unspecified atom stereocenters. The normalized spacial score (nSPS) is 20.9. The van der Waals surface area contributed by atoms with Crippen LogP contribution in [0.3, 0.4) is 0 Å². The highest BCUT2D eigenvalue weighted by Gasteiger charge is 2.24. The number of hydrogen-bond donors (Lipinski definition) is 0. The minimum atomic E-state index is 0.0518. The summed E-state index contributed by atoms with van der Waals surface area (Å²) in [7, 11) is 0. The Labute approximate surface area is 145 Å². The standard InChI is InChI=1S/C22H28O2/c1-3-5-6-18-9-13-20(14-10-18)22-16-23-21(15-24-22)19-11-7-17(4-2)8-12-19/h7-14,21-22H,3-6,15-16H2,1-2H3/t21-,22+/m1/s1. The molecule has 128 valence electrons.